The quantitative estimate of drug-likeness (QED) is 0.491. The van der Waals surface area contributed by atoms with Gasteiger partial charge in [-0.05, 0) is 48.4 Å². The van der Waals surface area contributed by atoms with Crippen LogP contribution in [0.3, 0.4) is 0 Å². The molecule has 0 aliphatic heterocycles. The molecule has 0 bridgehead atoms. The van der Waals surface area contributed by atoms with Crippen LogP contribution < -0.4 is 0 Å². The first kappa shape index (κ1) is 19.4. The van der Waals surface area contributed by atoms with Gasteiger partial charge in [-0.25, -0.2) is 9.07 Å². The minimum Gasteiger partial charge on any atom is -0.330 e. The predicted molar refractivity (Wildman–Crippen MR) is 110 cm³/mol. The summed E-state index contributed by atoms with van der Waals surface area (Å²) < 4.78 is 15.7. The first-order chi connectivity index (χ1) is 14.6. The molecule has 7 heteroatoms. The lowest BCUT2D eigenvalue weighted by Crippen LogP contribution is -2.30. The van der Waals surface area contributed by atoms with Gasteiger partial charge in [0.15, 0.2) is 0 Å². The fourth-order valence-electron chi connectivity index (χ4n) is 3.28. The molecule has 150 valence electrons. The minimum absolute atomic E-state index is 0.184. The predicted octanol–water partition coefficient (Wildman–Crippen LogP) is 3.95. The highest BCUT2D eigenvalue weighted by molar-refractivity contribution is 5.95. The largest absolute Gasteiger partial charge is 0.330 e. The Hall–Kier alpha value is -3.87. The summed E-state index contributed by atoms with van der Waals surface area (Å²) in [5, 5.41) is 4.27. The highest BCUT2D eigenvalue weighted by Crippen LogP contribution is 2.20. The number of aromatic nitrogens is 4. The Morgan fingerprint density at radius 1 is 0.933 bits per heavy atom. The summed E-state index contributed by atoms with van der Waals surface area (Å²) in [5.41, 5.74) is 3.19. The normalized spacial score (nSPS) is 10.7. The van der Waals surface area contributed by atoms with Crippen molar-refractivity contribution in [1.29, 1.82) is 0 Å². The van der Waals surface area contributed by atoms with Gasteiger partial charge in [0.2, 0.25) is 0 Å². The lowest BCUT2D eigenvalue weighted by atomic mass is 10.1. The Morgan fingerprint density at radius 3 is 2.43 bits per heavy atom. The number of benzene rings is 1. The average molecular weight is 401 g/mol. The number of pyridine rings is 2. The number of para-hydroxylation sites is 1. The Morgan fingerprint density at radius 2 is 1.70 bits per heavy atom. The minimum atomic E-state index is -0.397. The highest BCUT2D eigenvalue weighted by atomic mass is 19.1. The third kappa shape index (κ3) is 4.10. The number of amides is 1. The van der Waals surface area contributed by atoms with Crippen molar-refractivity contribution >= 4 is 5.91 Å². The molecular weight excluding hydrogens is 381 g/mol. The van der Waals surface area contributed by atoms with Crippen molar-refractivity contribution in [1.82, 2.24) is 24.6 Å². The lowest BCUT2D eigenvalue weighted by molar-refractivity contribution is 0.0729. The van der Waals surface area contributed by atoms with Crippen LogP contribution in [-0.4, -0.2) is 30.6 Å². The van der Waals surface area contributed by atoms with Crippen LogP contribution >= 0.6 is 0 Å². The summed E-state index contributed by atoms with van der Waals surface area (Å²) in [4.78, 5) is 23.3. The van der Waals surface area contributed by atoms with Crippen molar-refractivity contribution in [3.8, 4) is 5.69 Å². The Bertz CT molecular complexity index is 1100. The molecule has 0 spiro atoms. The molecule has 3 aromatic heterocycles. The van der Waals surface area contributed by atoms with Crippen LogP contribution in [0.2, 0.25) is 0 Å². The van der Waals surface area contributed by atoms with E-state index >= 15 is 0 Å². The van der Waals surface area contributed by atoms with E-state index < -0.39 is 5.82 Å². The zero-order chi connectivity index (χ0) is 20.9. The summed E-state index contributed by atoms with van der Waals surface area (Å²) in [6.07, 6.45) is 8.32. The van der Waals surface area contributed by atoms with Crippen LogP contribution in [0.1, 0.15) is 27.2 Å². The van der Waals surface area contributed by atoms with E-state index in [-0.39, 0.29) is 5.91 Å². The van der Waals surface area contributed by atoms with E-state index in [1.807, 2.05) is 24.3 Å². The molecule has 30 heavy (non-hydrogen) atoms. The maximum Gasteiger partial charge on any atom is 0.257 e. The van der Waals surface area contributed by atoms with Crippen LogP contribution in [0.4, 0.5) is 4.39 Å². The van der Waals surface area contributed by atoms with Crippen LogP contribution in [0, 0.1) is 12.7 Å². The van der Waals surface area contributed by atoms with Gasteiger partial charge < -0.3 is 4.90 Å². The van der Waals surface area contributed by atoms with E-state index in [0.29, 0.717) is 30.0 Å². The molecule has 1 aromatic carbocycles. The van der Waals surface area contributed by atoms with E-state index in [1.54, 1.807) is 54.8 Å². The summed E-state index contributed by atoms with van der Waals surface area (Å²) >= 11 is 0. The zero-order valence-corrected chi connectivity index (χ0v) is 16.4. The van der Waals surface area contributed by atoms with Crippen molar-refractivity contribution < 1.29 is 9.18 Å². The van der Waals surface area contributed by atoms with Gasteiger partial charge in [-0.15, -0.1) is 0 Å². The van der Waals surface area contributed by atoms with Crippen molar-refractivity contribution in [2.75, 3.05) is 0 Å². The second-order valence-electron chi connectivity index (χ2n) is 6.88. The van der Waals surface area contributed by atoms with Gasteiger partial charge in [-0.1, -0.05) is 18.2 Å². The van der Waals surface area contributed by atoms with Crippen LogP contribution in [-0.2, 0) is 13.1 Å². The number of hydrogen-bond acceptors (Lipinski definition) is 4. The van der Waals surface area contributed by atoms with E-state index in [1.165, 1.54) is 16.9 Å². The van der Waals surface area contributed by atoms with Gasteiger partial charge in [-0.3, -0.25) is 14.8 Å². The SMILES string of the molecule is Cc1c(C(=O)N(Cc2ccncc2)Cc2cccnc2)cnn1-c1ccccc1F. The Labute approximate surface area is 173 Å². The van der Waals surface area contributed by atoms with Crippen molar-refractivity contribution in [3.05, 3.63) is 108 Å². The molecule has 0 saturated carbocycles. The molecule has 0 radical (unpaired) electrons. The Balaban J connectivity index is 1.67. The number of rotatable bonds is 6. The van der Waals surface area contributed by atoms with E-state index in [2.05, 4.69) is 15.1 Å². The first-order valence-electron chi connectivity index (χ1n) is 9.50. The van der Waals surface area contributed by atoms with Gasteiger partial charge >= 0.3 is 0 Å². The van der Waals surface area contributed by atoms with Gasteiger partial charge in [0, 0.05) is 37.9 Å². The third-order valence-corrected chi connectivity index (χ3v) is 4.83. The fourth-order valence-corrected chi connectivity index (χ4v) is 3.28. The lowest BCUT2D eigenvalue weighted by Gasteiger charge is -2.23. The molecule has 4 aromatic rings. The number of halogens is 1. The Kier molecular flexibility index (Phi) is 5.61. The molecule has 0 aliphatic rings. The van der Waals surface area contributed by atoms with Gasteiger partial charge in [0.05, 0.1) is 17.5 Å². The number of carbonyl (C=O) groups is 1. The molecule has 0 fully saturated rings. The van der Waals surface area contributed by atoms with Crippen LogP contribution in [0.15, 0.2) is 79.5 Å². The molecule has 3 heterocycles. The van der Waals surface area contributed by atoms with Gasteiger partial charge in [0.1, 0.15) is 11.5 Å². The second-order valence-corrected chi connectivity index (χ2v) is 6.88. The number of nitrogens with zero attached hydrogens (tertiary/aromatic N) is 5. The molecule has 0 saturated heterocycles. The number of carbonyl (C=O) groups excluding carboxylic acids is 1. The summed E-state index contributed by atoms with van der Waals surface area (Å²) in [6, 6.07) is 13.9. The van der Waals surface area contributed by atoms with Gasteiger partial charge in [0.25, 0.3) is 5.91 Å². The molecule has 6 nitrogen and oxygen atoms in total. The highest BCUT2D eigenvalue weighted by Gasteiger charge is 2.22. The van der Waals surface area contributed by atoms with E-state index in [9.17, 15) is 9.18 Å². The summed E-state index contributed by atoms with van der Waals surface area (Å²) in [5.74, 6) is -0.581. The third-order valence-electron chi connectivity index (χ3n) is 4.83. The molecule has 0 unspecified atom stereocenters. The maximum absolute atomic E-state index is 14.2. The molecule has 0 aliphatic carbocycles. The fraction of sp³-hybridized carbons (Fsp3) is 0.130. The van der Waals surface area contributed by atoms with Crippen LogP contribution in [0.5, 0.6) is 0 Å². The maximum atomic E-state index is 14.2. The van der Waals surface area contributed by atoms with Crippen LogP contribution in [0.25, 0.3) is 5.69 Å². The van der Waals surface area contributed by atoms with Crippen molar-refractivity contribution in [2.45, 2.75) is 20.0 Å². The molecule has 1 amide bonds. The molecule has 0 N–H and O–H groups in total. The smallest absolute Gasteiger partial charge is 0.257 e. The van der Waals surface area contributed by atoms with Crippen molar-refractivity contribution in [3.63, 3.8) is 0 Å². The van der Waals surface area contributed by atoms with E-state index in [0.717, 1.165) is 11.1 Å². The topological polar surface area (TPSA) is 63.9 Å². The van der Waals surface area contributed by atoms with Crippen molar-refractivity contribution in [2.24, 2.45) is 0 Å². The molecular formula is C23H20FN5O. The second kappa shape index (κ2) is 8.65. The van der Waals surface area contributed by atoms with E-state index in [4.69, 9.17) is 0 Å². The zero-order valence-electron chi connectivity index (χ0n) is 16.4. The average Bonchev–Trinajstić information content (AvgIpc) is 3.15. The monoisotopic (exact) mass is 401 g/mol. The molecule has 4 rings (SSSR count). The summed E-state index contributed by atoms with van der Waals surface area (Å²) in [6.45, 7) is 2.56. The first-order valence-corrected chi connectivity index (χ1v) is 9.50. The molecule has 0 atom stereocenters. The van der Waals surface area contributed by atoms with Gasteiger partial charge in [-0.2, -0.15) is 5.10 Å². The standard InChI is InChI=1S/C23H20FN5O/c1-17-20(14-27-29(17)22-7-3-2-6-21(22)24)23(30)28(15-18-8-11-25-12-9-18)16-19-5-4-10-26-13-19/h2-14H,15-16H2,1H3. The number of hydrogen-bond donors (Lipinski definition) is 0. The summed E-state index contributed by atoms with van der Waals surface area (Å²) in [7, 11) is 0.